The molecule has 1 atom stereocenters. The number of nitrogens with zero attached hydrogens (tertiary/aromatic N) is 4. The predicted molar refractivity (Wildman–Crippen MR) is 167 cm³/mol. The average molecular weight is 653 g/mol. The summed E-state index contributed by atoms with van der Waals surface area (Å²) >= 11 is 6.17. The summed E-state index contributed by atoms with van der Waals surface area (Å²) in [7, 11) is -0.802. The van der Waals surface area contributed by atoms with Crippen LogP contribution in [0.15, 0.2) is 85.2 Å². The van der Waals surface area contributed by atoms with E-state index in [2.05, 4.69) is 26.2 Å². The van der Waals surface area contributed by atoms with E-state index in [-0.39, 0.29) is 24.8 Å². The third-order valence-corrected chi connectivity index (χ3v) is 8.54. The van der Waals surface area contributed by atoms with Crippen LogP contribution in [-0.2, 0) is 34.4 Å². The first kappa shape index (κ1) is 33.2. The Morgan fingerprint density at radius 2 is 1.76 bits per heavy atom. The van der Waals surface area contributed by atoms with Crippen molar-refractivity contribution in [3.63, 3.8) is 0 Å². The second kappa shape index (κ2) is 15.9. The highest BCUT2D eigenvalue weighted by molar-refractivity contribution is 7.53. The topological polar surface area (TPSA) is 164 Å². The summed E-state index contributed by atoms with van der Waals surface area (Å²) < 4.78 is 28.3. The minimum absolute atomic E-state index is 0.0941. The molecule has 0 spiro atoms. The SMILES string of the molecule is COP(=O)(CCOC(=O)c1ccc(NC(=O)[C@H](Cc2ccccc2)NC(=O)/C=C/c2cc(Cl)ccc2-n2cnnn2)cc1)OC. The van der Waals surface area contributed by atoms with Crippen LogP contribution in [0.5, 0.6) is 0 Å². The third kappa shape index (κ3) is 9.65. The second-order valence-electron chi connectivity index (χ2n) is 9.44. The molecule has 2 N–H and O–H groups in total. The van der Waals surface area contributed by atoms with Gasteiger partial charge in [0.1, 0.15) is 19.0 Å². The molecule has 0 saturated heterocycles. The maximum Gasteiger partial charge on any atom is 0.338 e. The lowest BCUT2D eigenvalue weighted by atomic mass is 10.0. The molecule has 0 saturated carbocycles. The number of amides is 2. The van der Waals surface area contributed by atoms with Crippen molar-refractivity contribution in [1.29, 1.82) is 0 Å². The van der Waals surface area contributed by atoms with Crippen LogP contribution in [0.4, 0.5) is 5.69 Å². The molecule has 1 heterocycles. The molecule has 0 unspecified atom stereocenters. The van der Waals surface area contributed by atoms with Crippen molar-refractivity contribution < 1.29 is 32.7 Å². The van der Waals surface area contributed by atoms with Gasteiger partial charge in [0, 0.05) is 43.0 Å². The molecule has 0 aliphatic heterocycles. The van der Waals surface area contributed by atoms with Gasteiger partial charge in [0.05, 0.1) is 17.4 Å². The number of esters is 1. The van der Waals surface area contributed by atoms with E-state index in [1.807, 2.05) is 30.3 Å². The zero-order valence-electron chi connectivity index (χ0n) is 24.3. The molecule has 0 aliphatic rings. The Balaban J connectivity index is 1.43. The van der Waals surface area contributed by atoms with Gasteiger partial charge in [-0.2, -0.15) is 4.68 Å². The quantitative estimate of drug-likeness (QED) is 0.114. The van der Waals surface area contributed by atoms with Crippen LogP contribution >= 0.6 is 19.2 Å². The fourth-order valence-electron chi connectivity index (χ4n) is 4.09. The average Bonchev–Trinajstić information content (AvgIpc) is 3.59. The highest BCUT2D eigenvalue weighted by Crippen LogP contribution is 2.45. The summed E-state index contributed by atoms with van der Waals surface area (Å²) in [5.74, 6) is -1.63. The first-order valence-corrected chi connectivity index (χ1v) is 15.6. The van der Waals surface area contributed by atoms with E-state index in [4.69, 9.17) is 25.4 Å². The second-order valence-corrected chi connectivity index (χ2v) is 12.3. The Kier molecular flexibility index (Phi) is 11.7. The summed E-state index contributed by atoms with van der Waals surface area (Å²) in [5, 5.41) is 17.2. The first-order valence-electron chi connectivity index (χ1n) is 13.5. The molecular formula is C30H30ClN6O7P. The highest BCUT2D eigenvalue weighted by atomic mass is 35.5. The number of hydrogen-bond donors (Lipinski definition) is 2. The molecule has 45 heavy (non-hydrogen) atoms. The van der Waals surface area contributed by atoms with Crippen LogP contribution in [0, 0.1) is 0 Å². The van der Waals surface area contributed by atoms with Crippen molar-refractivity contribution in [3.8, 4) is 5.69 Å². The Morgan fingerprint density at radius 1 is 1.02 bits per heavy atom. The van der Waals surface area contributed by atoms with Gasteiger partial charge in [-0.15, -0.1) is 5.10 Å². The van der Waals surface area contributed by atoms with Gasteiger partial charge < -0.3 is 24.4 Å². The number of rotatable bonds is 14. The van der Waals surface area contributed by atoms with Gasteiger partial charge in [0.15, 0.2) is 0 Å². The molecule has 13 nitrogen and oxygen atoms in total. The van der Waals surface area contributed by atoms with Gasteiger partial charge in [-0.3, -0.25) is 14.2 Å². The number of ether oxygens (including phenoxy) is 1. The van der Waals surface area contributed by atoms with Crippen LogP contribution in [0.2, 0.25) is 5.02 Å². The standard InChI is InChI=1S/C30H30ClN6O7P/c1-42-45(41,43-2)17-16-44-30(40)22-8-12-25(13-9-22)33-29(39)26(18-21-6-4-3-5-7-21)34-28(38)15-10-23-19-24(31)11-14-27(23)37-20-32-35-36-37/h3-15,19-20,26H,16-18H2,1-2H3,(H,33,39)(H,34,38)/b15-10+/t26-/m0/s1. The number of anilines is 1. The zero-order valence-corrected chi connectivity index (χ0v) is 26.0. The number of aromatic nitrogens is 4. The number of carbonyl (C=O) groups excluding carboxylic acids is 3. The van der Waals surface area contributed by atoms with Crippen LogP contribution in [0.25, 0.3) is 11.8 Å². The van der Waals surface area contributed by atoms with Gasteiger partial charge in [0.25, 0.3) is 0 Å². The fraction of sp³-hybridized carbons (Fsp3) is 0.200. The van der Waals surface area contributed by atoms with E-state index >= 15 is 0 Å². The van der Waals surface area contributed by atoms with Gasteiger partial charge >= 0.3 is 13.6 Å². The number of carbonyl (C=O) groups is 3. The van der Waals surface area contributed by atoms with Crippen molar-refractivity contribution >= 4 is 48.7 Å². The van der Waals surface area contributed by atoms with E-state index in [9.17, 15) is 18.9 Å². The predicted octanol–water partition coefficient (Wildman–Crippen LogP) is 4.34. The summed E-state index contributed by atoms with van der Waals surface area (Å²) in [5.41, 5.74) is 2.64. The number of benzene rings is 3. The molecule has 0 fully saturated rings. The number of hydrogen-bond acceptors (Lipinski definition) is 10. The van der Waals surface area contributed by atoms with Crippen molar-refractivity contribution in [1.82, 2.24) is 25.5 Å². The van der Waals surface area contributed by atoms with Crippen molar-refractivity contribution in [2.24, 2.45) is 0 Å². The molecule has 234 valence electrons. The summed E-state index contributed by atoms with van der Waals surface area (Å²) in [6.45, 7) is -0.165. The van der Waals surface area contributed by atoms with E-state index in [1.165, 1.54) is 55.6 Å². The van der Waals surface area contributed by atoms with Crippen LogP contribution in [0.1, 0.15) is 21.5 Å². The van der Waals surface area contributed by atoms with Crippen molar-refractivity contribution in [3.05, 3.63) is 107 Å². The number of halogens is 1. The molecule has 0 radical (unpaired) electrons. The minimum atomic E-state index is -3.31. The Labute approximate surface area is 264 Å². The molecule has 1 aromatic heterocycles. The van der Waals surface area contributed by atoms with Crippen LogP contribution < -0.4 is 10.6 Å². The van der Waals surface area contributed by atoms with Gasteiger partial charge in [-0.1, -0.05) is 41.9 Å². The normalized spacial score (nSPS) is 12.1. The maximum atomic E-state index is 13.4. The number of tetrazole rings is 1. The highest BCUT2D eigenvalue weighted by Gasteiger charge is 2.23. The Morgan fingerprint density at radius 3 is 2.42 bits per heavy atom. The molecule has 4 rings (SSSR count). The molecule has 4 aromatic rings. The number of nitrogens with one attached hydrogen (secondary N) is 2. The zero-order chi connectivity index (χ0) is 32.2. The van der Waals surface area contributed by atoms with E-state index in [1.54, 1.807) is 24.3 Å². The minimum Gasteiger partial charge on any atom is -0.461 e. The molecule has 0 aliphatic carbocycles. The smallest absolute Gasteiger partial charge is 0.338 e. The summed E-state index contributed by atoms with van der Waals surface area (Å²) in [4.78, 5) is 38.8. The third-order valence-electron chi connectivity index (χ3n) is 6.46. The monoisotopic (exact) mass is 652 g/mol. The lowest BCUT2D eigenvalue weighted by Crippen LogP contribution is -2.44. The van der Waals surface area contributed by atoms with Crippen molar-refractivity contribution in [2.45, 2.75) is 12.5 Å². The summed E-state index contributed by atoms with van der Waals surface area (Å²) in [6.07, 6.45) is 4.39. The largest absolute Gasteiger partial charge is 0.461 e. The van der Waals surface area contributed by atoms with E-state index in [0.29, 0.717) is 22.0 Å². The van der Waals surface area contributed by atoms with E-state index in [0.717, 1.165) is 5.56 Å². The molecule has 0 bridgehead atoms. The molecule has 2 amide bonds. The van der Waals surface area contributed by atoms with Gasteiger partial charge in [-0.05, 0) is 64.5 Å². The van der Waals surface area contributed by atoms with E-state index < -0.39 is 31.4 Å². The Bertz CT molecular complexity index is 1680. The van der Waals surface area contributed by atoms with Crippen molar-refractivity contribution in [2.75, 3.05) is 32.3 Å². The molecule has 3 aromatic carbocycles. The Hall–Kier alpha value is -4.68. The van der Waals surface area contributed by atoms with Gasteiger partial charge in [-0.25, -0.2) is 4.79 Å². The lowest BCUT2D eigenvalue weighted by molar-refractivity contribution is -0.123. The van der Waals surface area contributed by atoms with Gasteiger partial charge in [0.2, 0.25) is 11.8 Å². The lowest BCUT2D eigenvalue weighted by Gasteiger charge is -2.18. The molecular weight excluding hydrogens is 623 g/mol. The van der Waals surface area contributed by atoms with Crippen LogP contribution in [0.3, 0.4) is 0 Å². The van der Waals surface area contributed by atoms with Crippen LogP contribution in [-0.4, -0.2) is 71.0 Å². The maximum absolute atomic E-state index is 13.4. The molecule has 15 heteroatoms. The summed E-state index contributed by atoms with van der Waals surface area (Å²) in [6, 6.07) is 19.4. The first-order chi connectivity index (χ1) is 21.7. The fourth-order valence-corrected chi connectivity index (χ4v) is 5.10.